The number of carboxylic acids is 1. The van der Waals surface area contributed by atoms with E-state index in [-0.39, 0.29) is 5.69 Å². The van der Waals surface area contributed by atoms with Crippen LogP contribution in [0.15, 0.2) is 30.5 Å². The van der Waals surface area contributed by atoms with Gasteiger partial charge in [0.1, 0.15) is 17.3 Å². The van der Waals surface area contributed by atoms with Gasteiger partial charge in [-0.2, -0.15) is 13.2 Å². The lowest BCUT2D eigenvalue weighted by molar-refractivity contribution is -0.157. The second-order valence-corrected chi connectivity index (χ2v) is 5.28. The first-order chi connectivity index (χ1) is 11.2. The Balaban J connectivity index is 2.33. The molecule has 0 fully saturated rings. The lowest BCUT2D eigenvalue weighted by atomic mass is 9.94. The number of nitrogens with zero attached hydrogens (tertiary/aromatic N) is 1. The third-order valence-electron chi connectivity index (χ3n) is 3.76. The zero-order valence-corrected chi connectivity index (χ0v) is 11.9. The molecule has 2 heterocycles. The summed E-state index contributed by atoms with van der Waals surface area (Å²) < 4.78 is 55.0. The summed E-state index contributed by atoms with van der Waals surface area (Å²) in [5, 5.41) is 11.4. The van der Waals surface area contributed by atoms with Crippen molar-refractivity contribution in [2.24, 2.45) is 0 Å². The van der Waals surface area contributed by atoms with Gasteiger partial charge in [0, 0.05) is 12.6 Å². The van der Waals surface area contributed by atoms with Gasteiger partial charge in [0.15, 0.2) is 0 Å². The highest BCUT2D eigenvalue weighted by Crippen LogP contribution is 2.46. The number of amides is 1. The highest BCUT2D eigenvalue weighted by Gasteiger charge is 2.48. The highest BCUT2D eigenvalue weighted by molar-refractivity contribution is 6.03. The number of anilines is 1. The van der Waals surface area contributed by atoms with Gasteiger partial charge in [0.2, 0.25) is 5.91 Å². The summed E-state index contributed by atoms with van der Waals surface area (Å²) in [6.45, 7) is 0. The van der Waals surface area contributed by atoms with Gasteiger partial charge in [-0.15, -0.1) is 0 Å². The molecule has 5 nitrogen and oxygen atoms in total. The Morgan fingerprint density at radius 2 is 1.96 bits per heavy atom. The number of hydrogen-bond acceptors (Lipinski definition) is 2. The Bertz CT molecular complexity index is 842. The average Bonchev–Trinajstić information content (AvgIpc) is 2.85. The fourth-order valence-corrected chi connectivity index (χ4v) is 2.75. The van der Waals surface area contributed by atoms with Gasteiger partial charge in [-0.3, -0.25) is 4.79 Å². The molecule has 24 heavy (non-hydrogen) atoms. The molecule has 1 aromatic heterocycles. The van der Waals surface area contributed by atoms with Crippen LogP contribution in [0.2, 0.25) is 0 Å². The van der Waals surface area contributed by atoms with E-state index in [1.807, 2.05) is 0 Å². The maximum absolute atomic E-state index is 14.0. The molecule has 0 aliphatic carbocycles. The summed E-state index contributed by atoms with van der Waals surface area (Å²) in [6, 6.07) is 5.04. The number of fused-ring (bicyclic) bond motifs is 1. The van der Waals surface area contributed by atoms with Crippen LogP contribution in [0.5, 0.6) is 0 Å². The number of aromatic carboxylic acids is 1. The number of hydrogen-bond donors (Lipinski definition) is 2. The van der Waals surface area contributed by atoms with E-state index in [9.17, 15) is 32.3 Å². The quantitative estimate of drug-likeness (QED) is 0.823. The van der Waals surface area contributed by atoms with Crippen LogP contribution in [0.25, 0.3) is 5.69 Å². The number of aromatic nitrogens is 1. The van der Waals surface area contributed by atoms with Crippen molar-refractivity contribution in [3.05, 3.63) is 47.5 Å². The molecule has 126 valence electrons. The molecule has 1 unspecified atom stereocenters. The van der Waals surface area contributed by atoms with E-state index in [1.54, 1.807) is 0 Å². The van der Waals surface area contributed by atoms with Crippen molar-refractivity contribution < 1.29 is 32.3 Å². The second-order valence-electron chi connectivity index (χ2n) is 5.28. The van der Waals surface area contributed by atoms with Crippen LogP contribution in [-0.2, 0) is 4.79 Å². The third-order valence-corrected chi connectivity index (χ3v) is 3.76. The number of benzene rings is 1. The van der Waals surface area contributed by atoms with Crippen molar-refractivity contribution in [3.63, 3.8) is 0 Å². The van der Waals surface area contributed by atoms with Gasteiger partial charge >= 0.3 is 12.1 Å². The maximum atomic E-state index is 14.0. The van der Waals surface area contributed by atoms with Gasteiger partial charge in [-0.1, -0.05) is 12.1 Å². The number of carbonyl (C=O) groups is 2. The minimum Gasteiger partial charge on any atom is -0.478 e. The van der Waals surface area contributed by atoms with Crippen LogP contribution < -0.4 is 5.32 Å². The van der Waals surface area contributed by atoms with E-state index in [4.69, 9.17) is 0 Å². The molecular weight excluding hydrogens is 332 g/mol. The Labute approximate surface area is 132 Å². The monoisotopic (exact) mass is 342 g/mol. The van der Waals surface area contributed by atoms with Crippen molar-refractivity contribution in [1.82, 2.24) is 4.57 Å². The van der Waals surface area contributed by atoms with Crippen molar-refractivity contribution >= 4 is 17.6 Å². The van der Waals surface area contributed by atoms with E-state index in [0.717, 1.165) is 16.8 Å². The highest BCUT2D eigenvalue weighted by atomic mass is 19.4. The number of nitrogens with one attached hydrogen (secondary N) is 1. The SMILES string of the molecule is O=C1CC(C(F)(F)F)c2c(c(C(=O)O)cn2-c2ccccc2F)N1. The fraction of sp³-hybridized carbons (Fsp3) is 0.200. The molecule has 3 rings (SSSR count). The summed E-state index contributed by atoms with van der Waals surface area (Å²) in [7, 11) is 0. The number of carboxylic acid groups (broad SMARTS) is 1. The van der Waals surface area contributed by atoms with Crippen LogP contribution in [-0.4, -0.2) is 27.7 Å². The Hall–Kier alpha value is -2.84. The molecule has 1 aromatic carbocycles. The Morgan fingerprint density at radius 1 is 1.29 bits per heavy atom. The fourth-order valence-electron chi connectivity index (χ4n) is 2.75. The van der Waals surface area contributed by atoms with E-state index in [0.29, 0.717) is 0 Å². The van der Waals surface area contributed by atoms with Crippen molar-refractivity contribution in [1.29, 1.82) is 0 Å². The normalized spacial score (nSPS) is 17.3. The molecule has 1 atom stereocenters. The number of rotatable bonds is 2. The number of halogens is 4. The maximum Gasteiger partial charge on any atom is 0.397 e. The lowest BCUT2D eigenvalue weighted by Crippen LogP contribution is -2.33. The van der Waals surface area contributed by atoms with Gasteiger partial charge in [-0.05, 0) is 12.1 Å². The molecule has 0 radical (unpaired) electrons. The van der Waals surface area contributed by atoms with Crippen molar-refractivity contribution in [3.8, 4) is 5.69 Å². The van der Waals surface area contributed by atoms with Gasteiger partial charge in [-0.25, -0.2) is 9.18 Å². The third kappa shape index (κ3) is 2.51. The predicted molar refractivity (Wildman–Crippen MR) is 74.7 cm³/mol. The molecule has 1 amide bonds. The molecule has 0 bridgehead atoms. The first-order valence-corrected chi connectivity index (χ1v) is 6.80. The summed E-state index contributed by atoms with van der Waals surface area (Å²) in [6.07, 6.45) is -4.80. The molecule has 0 saturated heterocycles. The van der Waals surface area contributed by atoms with Gasteiger partial charge in [0.25, 0.3) is 0 Å². The van der Waals surface area contributed by atoms with Crippen LogP contribution >= 0.6 is 0 Å². The van der Waals surface area contributed by atoms with Crippen LogP contribution in [0.3, 0.4) is 0 Å². The van der Waals surface area contributed by atoms with Gasteiger partial charge < -0.3 is 15.0 Å². The Morgan fingerprint density at radius 3 is 2.54 bits per heavy atom. The number of para-hydroxylation sites is 1. The van der Waals surface area contributed by atoms with Crippen molar-refractivity contribution in [2.75, 3.05) is 5.32 Å². The topological polar surface area (TPSA) is 71.3 Å². The molecule has 2 N–H and O–H groups in total. The second kappa shape index (κ2) is 5.36. The number of carbonyl (C=O) groups excluding carboxylic acids is 1. The van der Waals surface area contributed by atoms with E-state index in [2.05, 4.69) is 5.32 Å². The van der Waals surface area contributed by atoms with Crippen LogP contribution in [0.1, 0.15) is 28.4 Å². The lowest BCUT2D eigenvalue weighted by Gasteiger charge is -2.27. The zero-order chi connectivity index (χ0) is 17.6. The van der Waals surface area contributed by atoms with E-state index < -0.39 is 53.2 Å². The molecule has 1 aliphatic rings. The zero-order valence-electron chi connectivity index (χ0n) is 11.9. The molecule has 1 aliphatic heterocycles. The average molecular weight is 342 g/mol. The predicted octanol–water partition coefficient (Wildman–Crippen LogP) is 3.30. The van der Waals surface area contributed by atoms with Crippen molar-refractivity contribution in [2.45, 2.75) is 18.5 Å². The summed E-state index contributed by atoms with van der Waals surface area (Å²) >= 11 is 0. The van der Waals surface area contributed by atoms with E-state index in [1.165, 1.54) is 18.2 Å². The summed E-state index contributed by atoms with van der Waals surface area (Å²) in [5.41, 5.74) is -1.71. The van der Waals surface area contributed by atoms with E-state index >= 15 is 0 Å². The largest absolute Gasteiger partial charge is 0.478 e. The summed E-state index contributed by atoms with van der Waals surface area (Å²) in [5.74, 6) is -5.51. The first kappa shape index (κ1) is 16.0. The van der Waals surface area contributed by atoms with Crippen LogP contribution in [0, 0.1) is 5.82 Å². The molecule has 9 heteroatoms. The molecule has 2 aromatic rings. The molecular formula is C15H10F4N2O3. The molecule has 0 spiro atoms. The standard InChI is InChI=1S/C15H10F4N2O3/c16-9-3-1-2-4-10(9)21-6-7(14(23)24)12-13(21)8(15(17,18)19)5-11(22)20-12/h1-4,6,8H,5H2,(H,20,22)(H,23,24). The Kier molecular flexibility index (Phi) is 3.58. The number of alkyl halides is 3. The minimum atomic E-state index is -4.79. The summed E-state index contributed by atoms with van der Waals surface area (Å²) in [4.78, 5) is 22.9. The smallest absolute Gasteiger partial charge is 0.397 e. The minimum absolute atomic E-state index is 0.230. The van der Waals surface area contributed by atoms with Gasteiger partial charge in [0.05, 0.1) is 17.1 Å². The first-order valence-electron chi connectivity index (χ1n) is 6.80. The van der Waals surface area contributed by atoms with Crippen LogP contribution in [0.4, 0.5) is 23.2 Å². The molecule has 0 saturated carbocycles.